The summed E-state index contributed by atoms with van der Waals surface area (Å²) in [6.45, 7) is 0.548. The van der Waals surface area contributed by atoms with Crippen LogP contribution in [-0.2, 0) is 4.79 Å². The molecule has 5 N–H and O–H groups in total. The van der Waals surface area contributed by atoms with Gasteiger partial charge in [-0.05, 0) is 31.7 Å². The van der Waals surface area contributed by atoms with Crippen molar-refractivity contribution in [2.75, 3.05) is 6.54 Å². The summed E-state index contributed by atoms with van der Waals surface area (Å²) >= 11 is 0. The van der Waals surface area contributed by atoms with Crippen LogP contribution in [0.15, 0.2) is 0 Å². The molecule has 0 amide bonds. The minimum Gasteiger partial charge on any atom is -0.480 e. The van der Waals surface area contributed by atoms with Crippen molar-refractivity contribution in [3.05, 3.63) is 0 Å². The highest BCUT2D eigenvalue weighted by molar-refractivity contribution is 5.78. The van der Waals surface area contributed by atoms with Gasteiger partial charge in [0.05, 0.1) is 0 Å². The summed E-state index contributed by atoms with van der Waals surface area (Å²) in [4.78, 5) is 10.8. The van der Waals surface area contributed by atoms with Crippen molar-refractivity contribution in [1.29, 1.82) is 0 Å². The Morgan fingerprint density at radius 3 is 2.83 bits per heavy atom. The van der Waals surface area contributed by atoms with Gasteiger partial charge in [0, 0.05) is 0 Å². The van der Waals surface area contributed by atoms with Gasteiger partial charge >= 0.3 is 5.97 Å². The second-order valence-electron chi connectivity index (χ2n) is 3.66. The molecule has 1 rings (SSSR count). The smallest absolute Gasteiger partial charge is 0.323 e. The summed E-state index contributed by atoms with van der Waals surface area (Å²) in [5.74, 6) is -0.597. The van der Waals surface area contributed by atoms with Crippen LogP contribution in [0, 0.1) is 5.92 Å². The number of hydrogen-bond acceptors (Lipinski definition) is 3. The molecule has 2 atom stereocenters. The van der Waals surface area contributed by atoms with Gasteiger partial charge in [-0.2, -0.15) is 0 Å². The van der Waals surface area contributed by atoms with E-state index in [4.69, 9.17) is 16.6 Å². The van der Waals surface area contributed by atoms with Crippen LogP contribution in [0.3, 0.4) is 0 Å². The van der Waals surface area contributed by atoms with E-state index in [1.807, 2.05) is 0 Å². The highest BCUT2D eigenvalue weighted by Gasteiger charge is 2.38. The number of nitrogens with two attached hydrogens (primary N) is 2. The summed E-state index contributed by atoms with van der Waals surface area (Å²) in [6, 6.07) is 0. The summed E-state index contributed by atoms with van der Waals surface area (Å²) in [5.41, 5.74) is 10.2. The zero-order valence-electron chi connectivity index (χ0n) is 7.12. The molecular weight excluding hydrogens is 156 g/mol. The predicted molar refractivity (Wildman–Crippen MR) is 45.6 cm³/mol. The van der Waals surface area contributed by atoms with Crippen molar-refractivity contribution in [2.45, 2.75) is 31.2 Å². The van der Waals surface area contributed by atoms with Gasteiger partial charge in [0.25, 0.3) is 0 Å². The molecule has 0 heterocycles. The van der Waals surface area contributed by atoms with Crippen LogP contribution in [0.5, 0.6) is 0 Å². The minimum absolute atomic E-state index is 0.292. The van der Waals surface area contributed by atoms with Gasteiger partial charge in [0.15, 0.2) is 0 Å². The number of carboxylic acid groups (broad SMARTS) is 1. The quantitative estimate of drug-likeness (QED) is 0.543. The van der Waals surface area contributed by atoms with Crippen LogP contribution in [-0.4, -0.2) is 23.2 Å². The van der Waals surface area contributed by atoms with E-state index in [0.717, 1.165) is 12.8 Å². The van der Waals surface area contributed by atoms with E-state index in [-0.39, 0.29) is 0 Å². The first-order valence-corrected chi connectivity index (χ1v) is 4.31. The first-order chi connectivity index (χ1) is 5.58. The van der Waals surface area contributed by atoms with E-state index in [9.17, 15) is 4.79 Å². The van der Waals surface area contributed by atoms with Crippen LogP contribution >= 0.6 is 0 Å². The maximum absolute atomic E-state index is 10.8. The molecule has 4 nitrogen and oxygen atoms in total. The second kappa shape index (κ2) is 3.41. The van der Waals surface area contributed by atoms with E-state index in [1.54, 1.807) is 0 Å². The first kappa shape index (κ1) is 9.48. The van der Waals surface area contributed by atoms with Crippen molar-refractivity contribution >= 4 is 5.97 Å². The lowest BCUT2D eigenvalue weighted by Gasteiger charge is -2.33. The summed E-state index contributed by atoms with van der Waals surface area (Å²) in [7, 11) is 0. The molecule has 1 unspecified atom stereocenters. The molecule has 70 valence electrons. The molecule has 0 radical (unpaired) electrons. The van der Waals surface area contributed by atoms with Crippen LogP contribution in [0.1, 0.15) is 25.7 Å². The fraction of sp³-hybridized carbons (Fsp3) is 0.875. The third-order valence-electron chi connectivity index (χ3n) is 2.65. The van der Waals surface area contributed by atoms with Crippen molar-refractivity contribution in [1.82, 2.24) is 0 Å². The zero-order chi connectivity index (χ0) is 9.19. The average molecular weight is 172 g/mol. The Balaban J connectivity index is 2.61. The summed E-state index contributed by atoms with van der Waals surface area (Å²) in [5, 5.41) is 8.84. The molecule has 4 heteroatoms. The highest BCUT2D eigenvalue weighted by atomic mass is 16.4. The van der Waals surface area contributed by atoms with Gasteiger partial charge in [-0.25, -0.2) is 0 Å². The Bertz CT molecular complexity index is 184. The first-order valence-electron chi connectivity index (χ1n) is 4.31. The molecular formula is C8H16N2O2. The molecule has 0 aliphatic heterocycles. The molecule has 1 aliphatic rings. The van der Waals surface area contributed by atoms with Gasteiger partial charge in [0.1, 0.15) is 5.54 Å². The number of hydrogen-bond donors (Lipinski definition) is 3. The third-order valence-corrected chi connectivity index (χ3v) is 2.65. The highest BCUT2D eigenvalue weighted by Crippen LogP contribution is 2.30. The molecule has 0 spiro atoms. The molecule has 0 aromatic carbocycles. The lowest BCUT2D eigenvalue weighted by molar-refractivity contribution is -0.145. The number of carboxylic acids is 1. The SMILES string of the molecule is NC[C@@H]1CCCC(N)(C(=O)O)C1. The molecule has 1 fully saturated rings. The topological polar surface area (TPSA) is 89.3 Å². The van der Waals surface area contributed by atoms with E-state index in [0.29, 0.717) is 25.3 Å². The Morgan fingerprint density at radius 1 is 1.67 bits per heavy atom. The van der Waals surface area contributed by atoms with Crippen LogP contribution in [0.25, 0.3) is 0 Å². The Morgan fingerprint density at radius 2 is 2.33 bits per heavy atom. The van der Waals surface area contributed by atoms with E-state index in [1.165, 1.54) is 0 Å². The summed E-state index contributed by atoms with van der Waals surface area (Å²) in [6.07, 6.45) is 3.01. The standard InChI is InChI=1S/C8H16N2O2/c9-5-6-2-1-3-8(10,4-6)7(11)12/h6H,1-5,9-10H2,(H,11,12)/t6-,8?/m1/s1. The van der Waals surface area contributed by atoms with Gasteiger partial charge in [-0.3, -0.25) is 4.79 Å². The van der Waals surface area contributed by atoms with Crippen LogP contribution in [0.4, 0.5) is 0 Å². The van der Waals surface area contributed by atoms with Gasteiger partial charge in [-0.1, -0.05) is 6.42 Å². The van der Waals surface area contributed by atoms with Crippen molar-refractivity contribution < 1.29 is 9.90 Å². The minimum atomic E-state index is -1.01. The van der Waals surface area contributed by atoms with Crippen LogP contribution in [0.2, 0.25) is 0 Å². The number of carbonyl (C=O) groups is 1. The van der Waals surface area contributed by atoms with E-state index >= 15 is 0 Å². The maximum atomic E-state index is 10.8. The molecule has 0 aromatic rings. The third kappa shape index (κ3) is 1.76. The Labute approximate surface area is 71.9 Å². The number of rotatable bonds is 2. The summed E-state index contributed by atoms with van der Waals surface area (Å²) < 4.78 is 0. The van der Waals surface area contributed by atoms with Gasteiger partial charge < -0.3 is 16.6 Å². The predicted octanol–water partition coefficient (Wildman–Crippen LogP) is -0.0826. The second-order valence-corrected chi connectivity index (χ2v) is 3.66. The number of aliphatic carboxylic acids is 1. The zero-order valence-corrected chi connectivity index (χ0v) is 7.12. The fourth-order valence-corrected chi connectivity index (χ4v) is 1.82. The van der Waals surface area contributed by atoms with E-state index in [2.05, 4.69) is 0 Å². The molecule has 0 aromatic heterocycles. The Hall–Kier alpha value is -0.610. The molecule has 1 saturated carbocycles. The van der Waals surface area contributed by atoms with Gasteiger partial charge in [0.2, 0.25) is 0 Å². The van der Waals surface area contributed by atoms with Crippen molar-refractivity contribution in [3.8, 4) is 0 Å². The lowest BCUT2D eigenvalue weighted by Crippen LogP contribution is -2.52. The molecule has 0 bridgehead atoms. The van der Waals surface area contributed by atoms with Crippen molar-refractivity contribution in [3.63, 3.8) is 0 Å². The average Bonchev–Trinajstić information content (AvgIpc) is 2.04. The normalized spacial score (nSPS) is 36.3. The maximum Gasteiger partial charge on any atom is 0.323 e. The van der Waals surface area contributed by atoms with Gasteiger partial charge in [-0.15, -0.1) is 0 Å². The molecule has 0 saturated heterocycles. The molecule has 1 aliphatic carbocycles. The molecule has 12 heavy (non-hydrogen) atoms. The lowest BCUT2D eigenvalue weighted by atomic mass is 9.76. The largest absolute Gasteiger partial charge is 0.480 e. The van der Waals surface area contributed by atoms with E-state index < -0.39 is 11.5 Å². The Kier molecular flexibility index (Phi) is 2.69. The fourth-order valence-electron chi connectivity index (χ4n) is 1.82. The van der Waals surface area contributed by atoms with Crippen molar-refractivity contribution in [2.24, 2.45) is 17.4 Å². The monoisotopic (exact) mass is 172 g/mol. The van der Waals surface area contributed by atoms with Crippen LogP contribution < -0.4 is 11.5 Å².